The van der Waals surface area contributed by atoms with Gasteiger partial charge in [0.25, 0.3) is 0 Å². The molecule has 0 amide bonds. The second-order valence-electron chi connectivity index (χ2n) is 5.18. The van der Waals surface area contributed by atoms with Crippen LogP contribution in [0.4, 0.5) is 0 Å². The van der Waals surface area contributed by atoms with E-state index in [0.717, 1.165) is 17.1 Å². The molecule has 3 nitrogen and oxygen atoms in total. The van der Waals surface area contributed by atoms with E-state index in [1.807, 2.05) is 18.2 Å². The van der Waals surface area contributed by atoms with Crippen LogP contribution in [0, 0.1) is 0 Å². The fraction of sp³-hybridized carbons (Fsp3) is 0.538. The van der Waals surface area contributed by atoms with Crippen molar-refractivity contribution in [2.45, 2.75) is 25.2 Å². The van der Waals surface area contributed by atoms with Gasteiger partial charge in [-0.2, -0.15) is 0 Å². The van der Waals surface area contributed by atoms with Crippen LogP contribution in [0.5, 0.6) is 11.5 Å². The molecule has 4 heteroatoms. The number of ether oxygens (including phenoxy) is 2. The molecule has 1 aromatic carbocycles. The Labute approximate surface area is 104 Å². The SMILES string of the molecule is COc1cccc(OC)c1C(CO)[Si](C)(C)C. The molecule has 1 rings (SSSR count). The minimum atomic E-state index is -1.53. The molecule has 1 unspecified atom stereocenters. The number of aliphatic hydroxyl groups is 1. The first-order chi connectivity index (χ1) is 7.95. The Balaban J connectivity index is 3.34. The van der Waals surface area contributed by atoms with Gasteiger partial charge in [0.1, 0.15) is 11.5 Å². The number of aliphatic hydroxyl groups excluding tert-OH is 1. The molecule has 0 fully saturated rings. The van der Waals surface area contributed by atoms with Gasteiger partial charge in [-0.25, -0.2) is 0 Å². The highest BCUT2D eigenvalue weighted by Crippen LogP contribution is 2.39. The fourth-order valence-electron chi connectivity index (χ4n) is 2.02. The Morgan fingerprint density at radius 2 is 1.59 bits per heavy atom. The molecule has 17 heavy (non-hydrogen) atoms. The van der Waals surface area contributed by atoms with Gasteiger partial charge in [-0.1, -0.05) is 25.7 Å². The maximum absolute atomic E-state index is 9.68. The van der Waals surface area contributed by atoms with E-state index in [2.05, 4.69) is 19.6 Å². The molecule has 0 spiro atoms. The summed E-state index contributed by atoms with van der Waals surface area (Å²) in [6.07, 6.45) is 0. The van der Waals surface area contributed by atoms with Crippen molar-refractivity contribution in [1.29, 1.82) is 0 Å². The van der Waals surface area contributed by atoms with E-state index in [-0.39, 0.29) is 12.1 Å². The van der Waals surface area contributed by atoms with Crippen LogP contribution in [0.15, 0.2) is 18.2 Å². The molecule has 0 saturated heterocycles. The van der Waals surface area contributed by atoms with Gasteiger partial charge < -0.3 is 14.6 Å². The second kappa shape index (κ2) is 5.56. The summed E-state index contributed by atoms with van der Waals surface area (Å²) in [4.78, 5) is 0. The smallest absolute Gasteiger partial charge is 0.125 e. The molecule has 96 valence electrons. The molecule has 0 aliphatic carbocycles. The zero-order valence-corrected chi connectivity index (χ0v) is 12.3. The van der Waals surface area contributed by atoms with Crippen LogP contribution < -0.4 is 9.47 Å². The average molecular weight is 254 g/mol. The lowest BCUT2D eigenvalue weighted by Crippen LogP contribution is -2.34. The molecule has 0 aliphatic heterocycles. The number of benzene rings is 1. The number of methoxy groups -OCH3 is 2. The van der Waals surface area contributed by atoms with Gasteiger partial charge in [-0.3, -0.25) is 0 Å². The largest absolute Gasteiger partial charge is 0.496 e. The molecule has 0 saturated carbocycles. The Hall–Kier alpha value is -1.00. The maximum atomic E-state index is 9.68. The van der Waals surface area contributed by atoms with Crippen molar-refractivity contribution in [2.75, 3.05) is 20.8 Å². The summed E-state index contributed by atoms with van der Waals surface area (Å²) >= 11 is 0. The summed E-state index contributed by atoms with van der Waals surface area (Å²) in [5.74, 6) is 1.59. The van der Waals surface area contributed by atoms with Gasteiger partial charge in [-0.15, -0.1) is 0 Å². The lowest BCUT2D eigenvalue weighted by Gasteiger charge is -2.30. The Kier molecular flexibility index (Phi) is 4.59. The molecular weight excluding hydrogens is 232 g/mol. The van der Waals surface area contributed by atoms with Gasteiger partial charge in [0.05, 0.1) is 22.3 Å². The van der Waals surface area contributed by atoms with Gasteiger partial charge in [0.15, 0.2) is 0 Å². The van der Waals surface area contributed by atoms with Crippen LogP contribution in [0.2, 0.25) is 19.6 Å². The third-order valence-electron chi connectivity index (χ3n) is 3.04. The zero-order chi connectivity index (χ0) is 13.1. The fourth-order valence-corrected chi connectivity index (χ4v) is 3.72. The van der Waals surface area contributed by atoms with Crippen LogP contribution in [0.3, 0.4) is 0 Å². The molecule has 0 radical (unpaired) electrons. The third-order valence-corrected chi connectivity index (χ3v) is 5.60. The van der Waals surface area contributed by atoms with Gasteiger partial charge >= 0.3 is 0 Å². The van der Waals surface area contributed by atoms with Crippen molar-refractivity contribution in [2.24, 2.45) is 0 Å². The molecule has 0 heterocycles. The molecule has 1 N–H and O–H groups in total. The number of hydrogen-bond acceptors (Lipinski definition) is 3. The normalized spacial score (nSPS) is 13.3. The van der Waals surface area contributed by atoms with E-state index in [4.69, 9.17) is 9.47 Å². The standard InChI is InChI=1S/C13H22O3Si/c1-15-10-7-6-8-11(16-2)13(10)12(9-14)17(3,4)5/h6-8,12,14H,9H2,1-5H3. The van der Waals surface area contributed by atoms with Crippen molar-refractivity contribution in [3.63, 3.8) is 0 Å². The quantitative estimate of drug-likeness (QED) is 0.821. The second-order valence-corrected chi connectivity index (χ2v) is 10.6. The van der Waals surface area contributed by atoms with Crippen LogP contribution >= 0.6 is 0 Å². The highest BCUT2D eigenvalue weighted by molar-refractivity contribution is 6.77. The first-order valence-electron chi connectivity index (χ1n) is 5.77. The van der Waals surface area contributed by atoms with Crippen molar-refractivity contribution in [1.82, 2.24) is 0 Å². The highest BCUT2D eigenvalue weighted by Gasteiger charge is 2.32. The van der Waals surface area contributed by atoms with E-state index in [0.29, 0.717) is 0 Å². The monoisotopic (exact) mass is 254 g/mol. The lowest BCUT2D eigenvalue weighted by molar-refractivity contribution is 0.283. The van der Waals surface area contributed by atoms with Crippen LogP contribution in [0.1, 0.15) is 11.1 Å². The average Bonchev–Trinajstić information content (AvgIpc) is 2.28. The van der Waals surface area contributed by atoms with E-state index >= 15 is 0 Å². The van der Waals surface area contributed by atoms with Gasteiger partial charge in [0.2, 0.25) is 0 Å². The van der Waals surface area contributed by atoms with E-state index in [9.17, 15) is 5.11 Å². The predicted molar refractivity (Wildman–Crippen MR) is 72.7 cm³/mol. The number of rotatable bonds is 5. The topological polar surface area (TPSA) is 38.7 Å². The summed E-state index contributed by atoms with van der Waals surface area (Å²) in [5, 5.41) is 9.68. The van der Waals surface area contributed by atoms with E-state index < -0.39 is 8.07 Å². The predicted octanol–water partition coefficient (Wildman–Crippen LogP) is 2.66. The van der Waals surface area contributed by atoms with Gasteiger partial charge in [-0.05, 0) is 12.1 Å². The van der Waals surface area contributed by atoms with Crippen LogP contribution in [-0.2, 0) is 0 Å². The molecule has 0 aromatic heterocycles. The number of hydrogen-bond donors (Lipinski definition) is 1. The van der Waals surface area contributed by atoms with Crippen LogP contribution in [-0.4, -0.2) is 34.0 Å². The summed E-state index contributed by atoms with van der Waals surface area (Å²) < 4.78 is 10.8. The first-order valence-corrected chi connectivity index (χ1v) is 9.35. The maximum Gasteiger partial charge on any atom is 0.125 e. The summed E-state index contributed by atoms with van der Waals surface area (Å²) in [6, 6.07) is 5.74. The third kappa shape index (κ3) is 3.01. The Morgan fingerprint density at radius 3 is 1.88 bits per heavy atom. The molecular formula is C13H22O3Si. The summed E-state index contributed by atoms with van der Waals surface area (Å²) in [6.45, 7) is 6.84. The van der Waals surface area contributed by atoms with Crippen molar-refractivity contribution >= 4 is 8.07 Å². The Morgan fingerprint density at radius 1 is 1.12 bits per heavy atom. The summed E-state index contributed by atoms with van der Waals surface area (Å²) in [7, 11) is 1.77. The van der Waals surface area contributed by atoms with E-state index in [1.165, 1.54) is 0 Å². The lowest BCUT2D eigenvalue weighted by atomic mass is 10.1. The van der Waals surface area contributed by atoms with E-state index in [1.54, 1.807) is 14.2 Å². The van der Waals surface area contributed by atoms with Gasteiger partial charge in [0, 0.05) is 17.7 Å². The molecule has 1 atom stereocenters. The van der Waals surface area contributed by atoms with Crippen molar-refractivity contribution < 1.29 is 14.6 Å². The molecule has 0 bridgehead atoms. The van der Waals surface area contributed by atoms with Crippen molar-refractivity contribution in [3.8, 4) is 11.5 Å². The summed E-state index contributed by atoms with van der Waals surface area (Å²) in [5.41, 5.74) is 1.12. The first kappa shape index (κ1) is 14.1. The Bertz CT molecular complexity index is 349. The molecule has 0 aliphatic rings. The zero-order valence-electron chi connectivity index (χ0n) is 11.3. The minimum absolute atomic E-state index is 0.119. The van der Waals surface area contributed by atoms with Crippen LogP contribution in [0.25, 0.3) is 0 Å². The highest BCUT2D eigenvalue weighted by atomic mass is 28.3. The molecule has 1 aromatic rings. The van der Waals surface area contributed by atoms with Crippen molar-refractivity contribution in [3.05, 3.63) is 23.8 Å². The minimum Gasteiger partial charge on any atom is -0.496 e.